The number of hydrogen-bond donors (Lipinski definition) is 1. The van der Waals surface area contributed by atoms with Gasteiger partial charge in [-0.05, 0) is 59.7 Å². The molecule has 0 unspecified atom stereocenters. The van der Waals surface area contributed by atoms with Gasteiger partial charge in [0.25, 0.3) is 5.91 Å². The lowest BCUT2D eigenvalue weighted by atomic mass is 10.0. The molecule has 0 atom stereocenters. The minimum Gasteiger partial charge on any atom is -0.490 e. The molecule has 4 aromatic carbocycles. The van der Waals surface area contributed by atoms with Crippen molar-refractivity contribution in [3.63, 3.8) is 0 Å². The molecular weight excluding hydrogens is 471 g/mol. The lowest BCUT2D eigenvalue weighted by Crippen LogP contribution is -2.17. The Morgan fingerprint density at radius 2 is 1.76 bits per heavy atom. The van der Waals surface area contributed by atoms with Crippen LogP contribution in [0, 0.1) is 0 Å². The summed E-state index contributed by atoms with van der Waals surface area (Å²) in [5.41, 5.74) is 4.72. The number of carbonyl (C=O) groups excluding carboxylic acids is 1. The Kier molecular flexibility index (Phi) is 7.68. The fraction of sp³-hybridized carbons (Fsp3) is 0.111. The smallest absolute Gasteiger partial charge is 0.271 e. The Labute approximate surface area is 207 Å². The number of carbonyl (C=O) groups is 1. The van der Waals surface area contributed by atoms with Gasteiger partial charge in [0.15, 0.2) is 11.5 Å². The summed E-state index contributed by atoms with van der Waals surface area (Å²) >= 11 is 12.2. The molecular formula is C27H22Cl2N2O3. The molecule has 5 nitrogen and oxygen atoms in total. The molecule has 0 radical (unpaired) electrons. The van der Waals surface area contributed by atoms with Crippen LogP contribution in [-0.4, -0.2) is 18.7 Å². The van der Waals surface area contributed by atoms with Gasteiger partial charge in [-0.1, -0.05) is 65.7 Å². The Hall–Kier alpha value is -3.54. The molecule has 0 aromatic heterocycles. The third-order valence-electron chi connectivity index (χ3n) is 5.08. The summed E-state index contributed by atoms with van der Waals surface area (Å²) in [5.74, 6) is 0.861. The standard InChI is InChI=1S/C27H22Cl2N2O3/c1-2-33-26-14-18(10-13-25(26)34-17-20-11-12-21(28)15-24(20)29)16-30-31-27(32)23-9-5-7-19-6-3-4-8-22(19)23/h3-16H,2,17H2,1H3,(H,31,32)/b30-16-. The van der Waals surface area contributed by atoms with Gasteiger partial charge in [0, 0.05) is 21.2 Å². The maximum absolute atomic E-state index is 12.7. The first-order valence-corrected chi connectivity index (χ1v) is 11.5. The van der Waals surface area contributed by atoms with Crippen LogP contribution in [0.4, 0.5) is 0 Å². The highest BCUT2D eigenvalue weighted by atomic mass is 35.5. The molecule has 0 aliphatic rings. The van der Waals surface area contributed by atoms with Gasteiger partial charge in [-0.25, -0.2) is 5.43 Å². The third-order valence-corrected chi connectivity index (χ3v) is 5.67. The van der Waals surface area contributed by atoms with Crippen molar-refractivity contribution in [1.29, 1.82) is 0 Å². The van der Waals surface area contributed by atoms with Gasteiger partial charge in [0.1, 0.15) is 6.61 Å². The van der Waals surface area contributed by atoms with E-state index in [4.69, 9.17) is 32.7 Å². The molecule has 7 heteroatoms. The van der Waals surface area contributed by atoms with Gasteiger partial charge < -0.3 is 9.47 Å². The highest BCUT2D eigenvalue weighted by Crippen LogP contribution is 2.30. The minimum absolute atomic E-state index is 0.268. The fourth-order valence-corrected chi connectivity index (χ4v) is 3.90. The van der Waals surface area contributed by atoms with Crippen LogP contribution < -0.4 is 14.9 Å². The number of hydrogen-bond acceptors (Lipinski definition) is 4. The Morgan fingerprint density at radius 3 is 2.59 bits per heavy atom. The molecule has 34 heavy (non-hydrogen) atoms. The van der Waals surface area contributed by atoms with Crippen molar-refractivity contribution in [3.05, 3.63) is 106 Å². The van der Waals surface area contributed by atoms with Gasteiger partial charge in [0.2, 0.25) is 0 Å². The summed E-state index contributed by atoms with van der Waals surface area (Å²) in [6, 6.07) is 24.0. The summed E-state index contributed by atoms with van der Waals surface area (Å²) in [6.45, 7) is 2.63. The highest BCUT2D eigenvalue weighted by molar-refractivity contribution is 6.35. The number of rotatable bonds is 8. The predicted molar refractivity (Wildman–Crippen MR) is 137 cm³/mol. The van der Waals surface area contributed by atoms with E-state index in [1.54, 1.807) is 36.5 Å². The van der Waals surface area contributed by atoms with Crippen molar-refractivity contribution in [1.82, 2.24) is 5.43 Å². The average Bonchev–Trinajstić information content (AvgIpc) is 2.84. The van der Waals surface area contributed by atoms with Gasteiger partial charge in [-0.15, -0.1) is 0 Å². The Balaban J connectivity index is 1.45. The van der Waals surface area contributed by atoms with Crippen LogP contribution in [0.1, 0.15) is 28.4 Å². The first-order chi connectivity index (χ1) is 16.5. The van der Waals surface area contributed by atoms with Crippen LogP contribution in [0.2, 0.25) is 10.0 Å². The summed E-state index contributed by atoms with van der Waals surface area (Å²) < 4.78 is 11.7. The van der Waals surface area contributed by atoms with Crippen molar-refractivity contribution in [2.45, 2.75) is 13.5 Å². The van der Waals surface area contributed by atoms with Crippen LogP contribution in [0.5, 0.6) is 11.5 Å². The van der Waals surface area contributed by atoms with E-state index in [-0.39, 0.29) is 12.5 Å². The predicted octanol–water partition coefficient (Wildman–Crippen LogP) is 6.89. The second-order valence-electron chi connectivity index (χ2n) is 7.39. The molecule has 0 aliphatic carbocycles. The highest BCUT2D eigenvalue weighted by Gasteiger charge is 2.10. The average molecular weight is 493 g/mol. The Bertz CT molecular complexity index is 1350. The zero-order valence-electron chi connectivity index (χ0n) is 18.4. The van der Waals surface area contributed by atoms with Crippen molar-refractivity contribution >= 4 is 46.1 Å². The number of ether oxygens (including phenoxy) is 2. The maximum Gasteiger partial charge on any atom is 0.271 e. The van der Waals surface area contributed by atoms with Crippen molar-refractivity contribution in [2.24, 2.45) is 5.10 Å². The topological polar surface area (TPSA) is 59.9 Å². The number of hydrazone groups is 1. The third kappa shape index (κ3) is 5.68. The van der Waals surface area contributed by atoms with Crippen LogP contribution in [0.15, 0.2) is 84.0 Å². The van der Waals surface area contributed by atoms with E-state index in [0.717, 1.165) is 21.9 Å². The molecule has 0 bridgehead atoms. The van der Waals surface area contributed by atoms with Crippen molar-refractivity contribution < 1.29 is 14.3 Å². The van der Waals surface area contributed by atoms with E-state index >= 15 is 0 Å². The summed E-state index contributed by atoms with van der Waals surface area (Å²) in [4.78, 5) is 12.7. The van der Waals surface area contributed by atoms with E-state index in [0.29, 0.717) is 33.7 Å². The monoisotopic (exact) mass is 492 g/mol. The van der Waals surface area contributed by atoms with Gasteiger partial charge >= 0.3 is 0 Å². The van der Waals surface area contributed by atoms with Crippen LogP contribution in [-0.2, 0) is 6.61 Å². The molecule has 0 saturated carbocycles. The summed E-state index contributed by atoms with van der Waals surface area (Å²) in [5, 5.41) is 7.10. The largest absolute Gasteiger partial charge is 0.490 e. The number of nitrogens with zero attached hydrogens (tertiary/aromatic N) is 1. The quantitative estimate of drug-likeness (QED) is 0.215. The maximum atomic E-state index is 12.7. The second-order valence-corrected chi connectivity index (χ2v) is 8.23. The van der Waals surface area contributed by atoms with Gasteiger partial charge in [-0.3, -0.25) is 4.79 Å². The number of nitrogens with one attached hydrogen (secondary N) is 1. The van der Waals surface area contributed by atoms with E-state index in [2.05, 4.69) is 10.5 Å². The van der Waals surface area contributed by atoms with E-state index in [1.165, 1.54) is 0 Å². The van der Waals surface area contributed by atoms with Crippen LogP contribution in [0.25, 0.3) is 10.8 Å². The number of fused-ring (bicyclic) bond motifs is 1. The fourth-order valence-electron chi connectivity index (χ4n) is 3.44. The molecule has 1 amide bonds. The molecule has 172 valence electrons. The van der Waals surface area contributed by atoms with E-state index < -0.39 is 0 Å². The molecule has 0 aliphatic heterocycles. The number of halogens is 2. The SMILES string of the molecule is CCOc1cc(/C=N\NC(=O)c2cccc3ccccc23)ccc1OCc1ccc(Cl)cc1Cl. The molecule has 4 rings (SSSR count). The number of amides is 1. The second kappa shape index (κ2) is 11.1. The molecule has 4 aromatic rings. The van der Waals surface area contributed by atoms with Gasteiger partial charge in [-0.2, -0.15) is 5.10 Å². The lowest BCUT2D eigenvalue weighted by molar-refractivity contribution is 0.0957. The molecule has 0 spiro atoms. The molecule has 0 saturated heterocycles. The van der Waals surface area contributed by atoms with E-state index in [9.17, 15) is 4.79 Å². The molecule has 1 N–H and O–H groups in total. The number of benzene rings is 4. The lowest BCUT2D eigenvalue weighted by Gasteiger charge is -2.13. The Morgan fingerprint density at radius 1 is 0.941 bits per heavy atom. The summed E-state index contributed by atoms with van der Waals surface area (Å²) in [7, 11) is 0. The van der Waals surface area contributed by atoms with Gasteiger partial charge in [0.05, 0.1) is 12.8 Å². The first-order valence-electron chi connectivity index (χ1n) is 10.7. The first kappa shape index (κ1) is 23.6. The normalized spacial score (nSPS) is 11.0. The van der Waals surface area contributed by atoms with Crippen molar-refractivity contribution in [2.75, 3.05) is 6.61 Å². The van der Waals surface area contributed by atoms with E-state index in [1.807, 2.05) is 55.5 Å². The van der Waals surface area contributed by atoms with Crippen molar-refractivity contribution in [3.8, 4) is 11.5 Å². The zero-order valence-corrected chi connectivity index (χ0v) is 19.9. The minimum atomic E-state index is -0.280. The molecule has 0 fully saturated rings. The zero-order chi connectivity index (χ0) is 23.9. The summed E-state index contributed by atoms with van der Waals surface area (Å²) in [6.07, 6.45) is 1.56. The molecule has 0 heterocycles. The van der Waals surface area contributed by atoms with Crippen LogP contribution >= 0.6 is 23.2 Å². The van der Waals surface area contributed by atoms with Crippen LogP contribution in [0.3, 0.4) is 0 Å².